The fourth-order valence-electron chi connectivity index (χ4n) is 3.08. The summed E-state index contributed by atoms with van der Waals surface area (Å²) in [5.74, 6) is 0. The Morgan fingerprint density at radius 3 is 2.37 bits per heavy atom. The maximum absolute atomic E-state index is 13.2. The summed E-state index contributed by atoms with van der Waals surface area (Å²) in [4.78, 5) is 15.7. The zero-order chi connectivity index (χ0) is 19.6. The van der Waals surface area contributed by atoms with Crippen LogP contribution < -0.4 is 10.2 Å². The van der Waals surface area contributed by atoms with Gasteiger partial charge in [-0.1, -0.05) is 29.8 Å². The van der Waals surface area contributed by atoms with E-state index in [0.717, 1.165) is 11.6 Å². The van der Waals surface area contributed by atoms with E-state index in [2.05, 4.69) is 5.32 Å². The first-order valence-electron chi connectivity index (χ1n) is 8.49. The molecule has 1 saturated heterocycles. The van der Waals surface area contributed by atoms with Gasteiger partial charge < -0.3 is 15.1 Å². The van der Waals surface area contributed by atoms with Crippen molar-refractivity contribution in [1.82, 2.24) is 4.90 Å². The number of nitrogens with zero attached hydrogens (tertiary/aromatic N) is 2. The number of para-hydroxylation sites is 1. The number of amides is 2. The van der Waals surface area contributed by atoms with Crippen LogP contribution in [0.1, 0.15) is 11.1 Å². The highest BCUT2D eigenvalue weighted by atomic mass is 35.5. The van der Waals surface area contributed by atoms with Gasteiger partial charge in [-0.05, 0) is 36.8 Å². The number of urea groups is 1. The van der Waals surface area contributed by atoms with Gasteiger partial charge in [0.25, 0.3) is 0 Å². The molecule has 0 saturated carbocycles. The Kier molecular flexibility index (Phi) is 5.51. The molecule has 0 radical (unpaired) electrons. The number of benzene rings is 2. The van der Waals surface area contributed by atoms with Crippen molar-refractivity contribution in [2.75, 3.05) is 36.4 Å². The molecule has 0 aromatic heterocycles. The number of carbonyl (C=O) groups is 1. The van der Waals surface area contributed by atoms with Crippen molar-refractivity contribution in [3.63, 3.8) is 0 Å². The average Bonchev–Trinajstić information content (AvgIpc) is 2.65. The van der Waals surface area contributed by atoms with Gasteiger partial charge in [-0.2, -0.15) is 13.2 Å². The van der Waals surface area contributed by atoms with E-state index in [1.165, 1.54) is 12.1 Å². The third-order valence-corrected chi connectivity index (χ3v) is 5.04. The molecule has 1 N–H and O–H groups in total. The van der Waals surface area contributed by atoms with Crippen LogP contribution in [0.3, 0.4) is 0 Å². The number of hydrogen-bond acceptors (Lipinski definition) is 2. The summed E-state index contributed by atoms with van der Waals surface area (Å²) >= 11 is 6.06. The van der Waals surface area contributed by atoms with Crippen LogP contribution in [0.15, 0.2) is 42.5 Å². The molecular formula is C19H19ClF3N3O. The van der Waals surface area contributed by atoms with E-state index in [9.17, 15) is 18.0 Å². The molecule has 27 heavy (non-hydrogen) atoms. The highest BCUT2D eigenvalue weighted by Crippen LogP contribution is 2.36. The van der Waals surface area contributed by atoms with Crippen molar-refractivity contribution in [3.05, 3.63) is 58.6 Å². The molecule has 0 aliphatic carbocycles. The number of rotatable bonds is 2. The molecule has 0 spiro atoms. The normalized spacial score (nSPS) is 15.0. The van der Waals surface area contributed by atoms with Gasteiger partial charge in [-0.3, -0.25) is 0 Å². The van der Waals surface area contributed by atoms with Crippen molar-refractivity contribution in [2.24, 2.45) is 0 Å². The summed E-state index contributed by atoms with van der Waals surface area (Å²) in [5.41, 5.74) is 0.885. The minimum Gasteiger partial charge on any atom is -0.367 e. The van der Waals surface area contributed by atoms with Crippen molar-refractivity contribution in [1.29, 1.82) is 0 Å². The third kappa shape index (κ3) is 4.30. The Morgan fingerprint density at radius 2 is 1.70 bits per heavy atom. The quantitative estimate of drug-likeness (QED) is 0.772. The third-order valence-electron chi connectivity index (χ3n) is 4.63. The van der Waals surface area contributed by atoms with E-state index in [1.54, 1.807) is 34.1 Å². The first kappa shape index (κ1) is 19.4. The molecular weight excluding hydrogens is 379 g/mol. The summed E-state index contributed by atoms with van der Waals surface area (Å²) in [5, 5.41) is 3.37. The van der Waals surface area contributed by atoms with Crippen LogP contribution >= 0.6 is 11.6 Å². The molecule has 0 unspecified atom stereocenters. The average molecular weight is 398 g/mol. The summed E-state index contributed by atoms with van der Waals surface area (Å²) in [7, 11) is 0. The maximum Gasteiger partial charge on any atom is 0.418 e. The van der Waals surface area contributed by atoms with Gasteiger partial charge in [0.1, 0.15) is 0 Å². The van der Waals surface area contributed by atoms with Crippen LogP contribution in [-0.2, 0) is 6.18 Å². The molecule has 1 fully saturated rings. The first-order valence-corrected chi connectivity index (χ1v) is 8.87. The summed E-state index contributed by atoms with van der Waals surface area (Å²) in [6, 6.07) is 10.5. The number of anilines is 2. The van der Waals surface area contributed by atoms with Gasteiger partial charge in [-0.25, -0.2) is 4.79 Å². The number of halogens is 4. The monoisotopic (exact) mass is 397 g/mol. The van der Waals surface area contributed by atoms with E-state index in [1.807, 2.05) is 6.92 Å². The highest BCUT2D eigenvalue weighted by molar-refractivity contribution is 6.31. The lowest BCUT2D eigenvalue weighted by atomic mass is 10.1. The molecule has 4 nitrogen and oxygen atoms in total. The topological polar surface area (TPSA) is 35.6 Å². The van der Waals surface area contributed by atoms with Crippen LogP contribution in [0.25, 0.3) is 0 Å². The molecule has 1 aliphatic heterocycles. The molecule has 2 aromatic carbocycles. The second-order valence-electron chi connectivity index (χ2n) is 6.33. The molecule has 1 aliphatic rings. The van der Waals surface area contributed by atoms with E-state index in [4.69, 9.17) is 11.6 Å². The van der Waals surface area contributed by atoms with Crippen molar-refractivity contribution in [2.45, 2.75) is 13.1 Å². The largest absolute Gasteiger partial charge is 0.418 e. The van der Waals surface area contributed by atoms with Crippen molar-refractivity contribution < 1.29 is 18.0 Å². The van der Waals surface area contributed by atoms with Gasteiger partial charge in [-0.15, -0.1) is 0 Å². The minimum atomic E-state index is -4.41. The number of carbonyl (C=O) groups excluding carboxylic acids is 1. The summed E-state index contributed by atoms with van der Waals surface area (Å²) in [6.07, 6.45) is -4.41. The molecule has 0 atom stereocenters. The Labute approximate surface area is 160 Å². The maximum atomic E-state index is 13.2. The lowest BCUT2D eigenvalue weighted by Crippen LogP contribution is -2.50. The molecule has 2 amide bonds. The van der Waals surface area contributed by atoms with Crippen LogP contribution in [0.4, 0.5) is 29.3 Å². The van der Waals surface area contributed by atoms with Gasteiger partial charge in [0.15, 0.2) is 0 Å². The fourth-order valence-corrected chi connectivity index (χ4v) is 3.25. The number of hydrogen-bond donors (Lipinski definition) is 1. The summed E-state index contributed by atoms with van der Waals surface area (Å²) < 4.78 is 39.6. The Bertz CT molecular complexity index is 833. The molecule has 2 aromatic rings. The Hall–Kier alpha value is -2.41. The van der Waals surface area contributed by atoms with E-state index < -0.39 is 11.7 Å². The standard InChI is InChI=1S/C19H19ClF3N3O/c1-13-15(20)6-4-7-16(13)24-18(27)26-11-9-25(10-12-26)17-8-3-2-5-14(17)19(21,22)23/h2-8H,9-12H2,1H3,(H,24,27). The SMILES string of the molecule is Cc1c(Cl)cccc1NC(=O)N1CCN(c2ccccc2C(F)(F)F)CC1. The van der Waals surface area contributed by atoms with Crippen LogP contribution in [0.2, 0.25) is 5.02 Å². The van der Waals surface area contributed by atoms with E-state index >= 15 is 0 Å². The number of piperazine rings is 1. The smallest absolute Gasteiger partial charge is 0.367 e. The van der Waals surface area contributed by atoms with Crippen molar-refractivity contribution >= 4 is 29.0 Å². The second-order valence-corrected chi connectivity index (χ2v) is 6.74. The number of alkyl halides is 3. The minimum absolute atomic E-state index is 0.149. The van der Waals surface area contributed by atoms with E-state index in [-0.39, 0.29) is 11.7 Å². The zero-order valence-electron chi connectivity index (χ0n) is 14.7. The van der Waals surface area contributed by atoms with E-state index in [0.29, 0.717) is 36.9 Å². The molecule has 8 heteroatoms. The number of nitrogens with one attached hydrogen (secondary N) is 1. The molecule has 144 valence electrons. The molecule has 3 rings (SSSR count). The predicted octanol–water partition coefficient (Wildman–Crippen LogP) is 5.02. The Balaban J connectivity index is 1.66. The zero-order valence-corrected chi connectivity index (χ0v) is 15.4. The van der Waals surface area contributed by atoms with Crippen molar-refractivity contribution in [3.8, 4) is 0 Å². The molecule has 1 heterocycles. The lowest BCUT2D eigenvalue weighted by Gasteiger charge is -2.37. The van der Waals surface area contributed by atoms with Gasteiger partial charge >= 0.3 is 12.2 Å². The van der Waals surface area contributed by atoms with Gasteiger partial charge in [0, 0.05) is 42.6 Å². The summed E-state index contributed by atoms with van der Waals surface area (Å²) in [6.45, 7) is 3.13. The predicted molar refractivity (Wildman–Crippen MR) is 100 cm³/mol. The first-order chi connectivity index (χ1) is 12.8. The molecule has 0 bridgehead atoms. The highest BCUT2D eigenvalue weighted by Gasteiger charge is 2.35. The van der Waals surface area contributed by atoms with Crippen LogP contribution in [0.5, 0.6) is 0 Å². The lowest BCUT2D eigenvalue weighted by molar-refractivity contribution is -0.137. The fraction of sp³-hybridized carbons (Fsp3) is 0.316. The van der Waals surface area contributed by atoms with Gasteiger partial charge in [0.05, 0.1) is 5.56 Å². The van der Waals surface area contributed by atoms with Gasteiger partial charge in [0.2, 0.25) is 0 Å². The van der Waals surface area contributed by atoms with Crippen LogP contribution in [0, 0.1) is 6.92 Å². The van der Waals surface area contributed by atoms with Crippen LogP contribution in [-0.4, -0.2) is 37.1 Å². The second kappa shape index (κ2) is 7.68. The Morgan fingerprint density at radius 1 is 1.04 bits per heavy atom.